The van der Waals surface area contributed by atoms with Crippen molar-refractivity contribution in [2.45, 2.75) is 19.3 Å². The summed E-state index contributed by atoms with van der Waals surface area (Å²) < 4.78 is 15.6. The van der Waals surface area contributed by atoms with E-state index in [1.54, 1.807) is 43.9 Å². The predicted octanol–water partition coefficient (Wildman–Crippen LogP) is 3.13. The van der Waals surface area contributed by atoms with E-state index >= 15 is 0 Å². The fourth-order valence-corrected chi connectivity index (χ4v) is 2.06. The molecule has 1 aromatic heterocycles. The van der Waals surface area contributed by atoms with Gasteiger partial charge in [0.2, 0.25) is 5.91 Å². The van der Waals surface area contributed by atoms with Crippen LogP contribution >= 0.6 is 11.6 Å². The zero-order chi connectivity index (χ0) is 14.9. The normalized spacial score (nSPS) is 11.4. The van der Waals surface area contributed by atoms with Crippen LogP contribution in [0.3, 0.4) is 0 Å². The Morgan fingerprint density at radius 1 is 1.45 bits per heavy atom. The molecule has 0 unspecified atom stereocenters. The summed E-state index contributed by atoms with van der Waals surface area (Å²) in [5.74, 6) is -0.896. The van der Waals surface area contributed by atoms with Gasteiger partial charge in [0.15, 0.2) is 0 Å². The van der Waals surface area contributed by atoms with Crippen molar-refractivity contribution in [3.05, 3.63) is 47.0 Å². The van der Waals surface area contributed by atoms with Crippen molar-refractivity contribution >= 4 is 23.2 Å². The van der Waals surface area contributed by atoms with Gasteiger partial charge in [0.1, 0.15) is 5.82 Å². The summed E-state index contributed by atoms with van der Waals surface area (Å²) in [5, 5.41) is 6.68. The molecule has 0 fully saturated rings. The summed E-state index contributed by atoms with van der Waals surface area (Å²) in [4.78, 5) is 12.3. The second kappa shape index (κ2) is 5.25. The zero-order valence-electron chi connectivity index (χ0n) is 11.4. The number of benzene rings is 1. The number of anilines is 1. The monoisotopic (exact) mass is 295 g/mol. The maximum absolute atomic E-state index is 14.1. The molecule has 106 valence electrons. The zero-order valence-corrected chi connectivity index (χ0v) is 12.2. The summed E-state index contributed by atoms with van der Waals surface area (Å²) in [7, 11) is 1.75. The smallest absolute Gasteiger partial charge is 0.234 e. The van der Waals surface area contributed by atoms with E-state index in [1.807, 2.05) is 0 Å². The van der Waals surface area contributed by atoms with Crippen LogP contribution in [0.5, 0.6) is 0 Å². The third-order valence-corrected chi connectivity index (χ3v) is 3.45. The molecule has 0 aliphatic carbocycles. The molecule has 1 amide bonds. The largest absolute Gasteiger partial charge is 0.323 e. The first-order chi connectivity index (χ1) is 9.32. The van der Waals surface area contributed by atoms with Gasteiger partial charge in [0.05, 0.1) is 22.3 Å². The van der Waals surface area contributed by atoms with Crippen LogP contribution in [0.15, 0.2) is 30.6 Å². The molecule has 0 saturated heterocycles. The molecular weight excluding hydrogens is 281 g/mol. The van der Waals surface area contributed by atoms with Crippen LogP contribution < -0.4 is 5.32 Å². The van der Waals surface area contributed by atoms with Crippen molar-refractivity contribution in [1.29, 1.82) is 0 Å². The molecule has 6 heteroatoms. The molecule has 0 radical (unpaired) electrons. The number of rotatable bonds is 3. The first-order valence-corrected chi connectivity index (χ1v) is 6.45. The molecule has 0 spiro atoms. The Morgan fingerprint density at radius 3 is 2.75 bits per heavy atom. The molecule has 20 heavy (non-hydrogen) atoms. The molecule has 0 atom stereocenters. The Kier molecular flexibility index (Phi) is 3.81. The Hall–Kier alpha value is -1.88. The fourth-order valence-electron chi connectivity index (χ4n) is 1.88. The number of amides is 1. The molecule has 0 saturated carbocycles. The molecule has 1 heterocycles. The van der Waals surface area contributed by atoms with Crippen molar-refractivity contribution in [3.8, 4) is 0 Å². The van der Waals surface area contributed by atoms with Gasteiger partial charge in [-0.15, -0.1) is 0 Å². The third kappa shape index (κ3) is 2.67. The van der Waals surface area contributed by atoms with E-state index in [-0.39, 0.29) is 16.5 Å². The van der Waals surface area contributed by atoms with E-state index in [4.69, 9.17) is 11.6 Å². The Bertz CT molecular complexity index is 652. The Morgan fingerprint density at radius 2 is 2.15 bits per heavy atom. The van der Waals surface area contributed by atoms with E-state index < -0.39 is 11.2 Å². The van der Waals surface area contributed by atoms with E-state index in [1.165, 1.54) is 12.3 Å². The van der Waals surface area contributed by atoms with Crippen LogP contribution in [0.2, 0.25) is 5.02 Å². The Labute approximate surface area is 121 Å². The number of nitrogens with one attached hydrogen (secondary N) is 1. The average Bonchev–Trinajstić information content (AvgIpc) is 2.78. The van der Waals surface area contributed by atoms with Crippen molar-refractivity contribution in [1.82, 2.24) is 9.78 Å². The minimum absolute atomic E-state index is 0.00440. The average molecular weight is 296 g/mol. The number of nitrogens with zero attached hydrogens (tertiary/aromatic N) is 2. The van der Waals surface area contributed by atoms with E-state index in [9.17, 15) is 9.18 Å². The number of hydrogen-bond donors (Lipinski definition) is 1. The summed E-state index contributed by atoms with van der Waals surface area (Å²) >= 11 is 5.77. The summed E-state index contributed by atoms with van der Waals surface area (Å²) in [6.07, 6.45) is 3.20. The van der Waals surface area contributed by atoms with Crippen LogP contribution in [0, 0.1) is 5.82 Å². The first-order valence-electron chi connectivity index (χ1n) is 6.07. The van der Waals surface area contributed by atoms with Crippen molar-refractivity contribution in [2.24, 2.45) is 7.05 Å². The standard InChI is InChI=1S/C14H15ClFN3O/c1-14(2,10-5-4-6-11(15)12(10)16)13(20)18-9-7-17-19(3)8-9/h4-8H,1-3H3,(H,18,20). The van der Waals surface area contributed by atoms with Gasteiger partial charge in [-0.3, -0.25) is 9.48 Å². The minimum atomic E-state index is -1.05. The second-order valence-corrected chi connectivity index (χ2v) is 5.49. The summed E-state index contributed by atoms with van der Waals surface area (Å²) in [6, 6.07) is 4.64. The molecule has 0 bridgehead atoms. The number of carbonyl (C=O) groups is 1. The highest BCUT2D eigenvalue weighted by atomic mass is 35.5. The SMILES string of the molecule is Cn1cc(NC(=O)C(C)(C)c2cccc(Cl)c2F)cn1. The van der Waals surface area contributed by atoms with Crippen LogP contribution in [0.1, 0.15) is 19.4 Å². The number of hydrogen-bond acceptors (Lipinski definition) is 2. The summed E-state index contributed by atoms with van der Waals surface area (Å²) in [6.45, 7) is 3.29. The van der Waals surface area contributed by atoms with Crippen LogP contribution in [-0.2, 0) is 17.3 Å². The van der Waals surface area contributed by atoms with Gasteiger partial charge in [0.25, 0.3) is 0 Å². The van der Waals surface area contributed by atoms with E-state index in [0.29, 0.717) is 5.69 Å². The highest BCUT2D eigenvalue weighted by Gasteiger charge is 2.33. The number of aromatic nitrogens is 2. The molecular formula is C14H15ClFN3O. The molecule has 0 aliphatic rings. The molecule has 0 aliphatic heterocycles. The fraction of sp³-hybridized carbons (Fsp3) is 0.286. The van der Waals surface area contributed by atoms with E-state index in [0.717, 1.165) is 0 Å². The molecule has 1 aromatic carbocycles. The quantitative estimate of drug-likeness (QED) is 0.945. The summed E-state index contributed by atoms with van der Waals surface area (Å²) in [5.41, 5.74) is -0.232. The van der Waals surface area contributed by atoms with Crippen molar-refractivity contribution < 1.29 is 9.18 Å². The number of aryl methyl sites for hydroxylation is 1. The first kappa shape index (κ1) is 14.5. The highest BCUT2D eigenvalue weighted by Crippen LogP contribution is 2.30. The lowest BCUT2D eigenvalue weighted by molar-refractivity contribution is -0.120. The lowest BCUT2D eigenvalue weighted by atomic mass is 9.83. The number of halogens is 2. The predicted molar refractivity (Wildman–Crippen MR) is 76.3 cm³/mol. The second-order valence-electron chi connectivity index (χ2n) is 5.08. The maximum atomic E-state index is 14.1. The van der Waals surface area contributed by atoms with Gasteiger partial charge in [-0.1, -0.05) is 23.7 Å². The molecule has 2 aromatic rings. The molecule has 1 N–H and O–H groups in total. The minimum Gasteiger partial charge on any atom is -0.323 e. The van der Waals surface area contributed by atoms with Gasteiger partial charge in [-0.2, -0.15) is 5.10 Å². The van der Waals surface area contributed by atoms with Crippen LogP contribution in [-0.4, -0.2) is 15.7 Å². The molecule has 2 rings (SSSR count). The lowest BCUT2D eigenvalue weighted by Gasteiger charge is -2.24. The molecule has 4 nitrogen and oxygen atoms in total. The van der Waals surface area contributed by atoms with Gasteiger partial charge < -0.3 is 5.32 Å². The van der Waals surface area contributed by atoms with Crippen LogP contribution in [0.4, 0.5) is 10.1 Å². The van der Waals surface area contributed by atoms with Gasteiger partial charge in [-0.05, 0) is 19.9 Å². The van der Waals surface area contributed by atoms with Gasteiger partial charge >= 0.3 is 0 Å². The van der Waals surface area contributed by atoms with Crippen molar-refractivity contribution in [2.75, 3.05) is 5.32 Å². The van der Waals surface area contributed by atoms with Crippen LogP contribution in [0.25, 0.3) is 0 Å². The lowest BCUT2D eigenvalue weighted by Crippen LogP contribution is -2.35. The van der Waals surface area contributed by atoms with Gasteiger partial charge in [0, 0.05) is 18.8 Å². The van der Waals surface area contributed by atoms with E-state index in [2.05, 4.69) is 10.4 Å². The van der Waals surface area contributed by atoms with Gasteiger partial charge in [-0.25, -0.2) is 4.39 Å². The van der Waals surface area contributed by atoms with Crippen molar-refractivity contribution in [3.63, 3.8) is 0 Å². The Balaban J connectivity index is 2.29. The third-order valence-electron chi connectivity index (χ3n) is 3.16. The number of carbonyl (C=O) groups excluding carboxylic acids is 1. The highest BCUT2D eigenvalue weighted by molar-refractivity contribution is 6.30. The maximum Gasteiger partial charge on any atom is 0.234 e. The topological polar surface area (TPSA) is 46.9 Å².